The molecule has 2 N–H and O–H groups in total. The first-order valence-electron chi connectivity index (χ1n) is 4.71. The fraction of sp³-hybridized carbons (Fsp3) is 0. The molecule has 0 bridgehead atoms. The van der Waals surface area contributed by atoms with Crippen LogP contribution in [-0.2, 0) is 0 Å². The first-order chi connectivity index (χ1) is 8.16. The van der Waals surface area contributed by atoms with Gasteiger partial charge in [-0.3, -0.25) is 4.79 Å². The van der Waals surface area contributed by atoms with Gasteiger partial charge in [0.25, 0.3) is 5.91 Å². The monoisotopic (exact) mass is 232 g/mol. The van der Waals surface area contributed by atoms with E-state index in [2.05, 4.69) is 10.3 Å². The number of furan rings is 1. The molecule has 0 atom stereocenters. The lowest BCUT2D eigenvalue weighted by Crippen LogP contribution is -2.12. The minimum absolute atomic E-state index is 0.0507. The molecule has 6 heteroatoms. The topological polar surface area (TPSA) is 92.4 Å². The molecule has 0 spiro atoms. The number of carbonyl (C=O) groups excluding carboxylic acids is 1. The maximum atomic E-state index is 11.6. The maximum Gasteiger partial charge on any atom is 0.335 e. The maximum absolute atomic E-state index is 11.6. The number of carbonyl (C=O) groups is 2. The van der Waals surface area contributed by atoms with Crippen molar-refractivity contribution < 1.29 is 19.1 Å². The van der Waals surface area contributed by atoms with E-state index in [1.54, 1.807) is 6.07 Å². The number of nitrogens with one attached hydrogen (secondary N) is 1. The van der Waals surface area contributed by atoms with Crippen LogP contribution in [0.1, 0.15) is 20.9 Å². The molecule has 2 heterocycles. The van der Waals surface area contributed by atoms with Crippen molar-refractivity contribution >= 4 is 17.7 Å². The standard InChI is InChI=1S/C11H8N2O4/c14-10(8-2-1-5-17-8)13-9-6-7(11(15)16)3-4-12-9/h1-6H,(H,15,16)(H,12,13,14). The molecule has 0 unspecified atom stereocenters. The molecule has 2 aromatic rings. The van der Waals surface area contributed by atoms with Gasteiger partial charge in [0.1, 0.15) is 5.82 Å². The first-order valence-corrected chi connectivity index (χ1v) is 4.71. The molecule has 0 saturated heterocycles. The van der Waals surface area contributed by atoms with Crippen molar-refractivity contribution in [1.29, 1.82) is 0 Å². The van der Waals surface area contributed by atoms with Gasteiger partial charge in [0, 0.05) is 6.20 Å². The predicted molar refractivity (Wildman–Crippen MR) is 57.9 cm³/mol. The van der Waals surface area contributed by atoms with Crippen molar-refractivity contribution in [3.05, 3.63) is 48.0 Å². The highest BCUT2D eigenvalue weighted by Crippen LogP contribution is 2.09. The van der Waals surface area contributed by atoms with Gasteiger partial charge >= 0.3 is 5.97 Å². The van der Waals surface area contributed by atoms with E-state index in [1.165, 1.54) is 30.7 Å². The average Bonchev–Trinajstić information content (AvgIpc) is 2.82. The number of hydrogen-bond acceptors (Lipinski definition) is 4. The Morgan fingerprint density at radius 2 is 2.18 bits per heavy atom. The van der Waals surface area contributed by atoms with E-state index >= 15 is 0 Å². The van der Waals surface area contributed by atoms with Crippen LogP contribution in [-0.4, -0.2) is 22.0 Å². The minimum atomic E-state index is -1.08. The van der Waals surface area contributed by atoms with Crippen LogP contribution >= 0.6 is 0 Å². The molecule has 0 saturated carbocycles. The molecular weight excluding hydrogens is 224 g/mol. The fourth-order valence-electron chi connectivity index (χ4n) is 1.22. The Morgan fingerprint density at radius 3 is 2.82 bits per heavy atom. The summed E-state index contributed by atoms with van der Waals surface area (Å²) < 4.78 is 4.89. The summed E-state index contributed by atoms with van der Waals surface area (Å²) >= 11 is 0. The molecule has 17 heavy (non-hydrogen) atoms. The van der Waals surface area contributed by atoms with Crippen molar-refractivity contribution in [2.24, 2.45) is 0 Å². The van der Waals surface area contributed by atoms with Crippen molar-refractivity contribution in [2.45, 2.75) is 0 Å². The Labute approximate surface area is 95.9 Å². The molecular formula is C11H8N2O4. The predicted octanol–water partition coefficient (Wildman–Crippen LogP) is 1.63. The Balaban J connectivity index is 2.16. The molecule has 0 aromatic carbocycles. The van der Waals surface area contributed by atoms with Gasteiger partial charge < -0.3 is 14.8 Å². The molecule has 6 nitrogen and oxygen atoms in total. The number of carboxylic acid groups (broad SMARTS) is 1. The number of nitrogens with zero attached hydrogens (tertiary/aromatic N) is 1. The van der Waals surface area contributed by atoms with Crippen LogP contribution in [0.3, 0.4) is 0 Å². The Morgan fingerprint density at radius 1 is 1.35 bits per heavy atom. The highest BCUT2D eigenvalue weighted by Gasteiger charge is 2.10. The zero-order valence-electron chi connectivity index (χ0n) is 8.58. The van der Waals surface area contributed by atoms with E-state index < -0.39 is 11.9 Å². The summed E-state index contributed by atoms with van der Waals surface area (Å²) in [6, 6.07) is 5.68. The summed E-state index contributed by atoms with van der Waals surface area (Å²) in [6.45, 7) is 0. The van der Waals surface area contributed by atoms with E-state index in [4.69, 9.17) is 9.52 Å². The summed E-state index contributed by atoms with van der Waals surface area (Å²) in [5, 5.41) is 11.2. The number of anilines is 1. The number of pyridine rings is 1. The molecule has 86 valence electrons. The third-order valence-electron chi connectivity index (χ3n) is 1.99. The molecule has 0 aliphatic heterocycles. The second-order valence-electron chi connectivity index (χ2n) is 3.17. The summed E-state index contributed by atoms with van der Waals surface area (Å²) in [5.74, 6) is -1.27. The smallest absolute Gasteiger partial charge is 0.335 e. The first kappa shape index (κ1) is 10.9. The highest BCUT2D eigenvalue weighted by atomic mass is 16.4. The van der Waals surface area contributed by atoms with Gasteiger partial charge in [0.15, 0.2) is 5.76 Å². The number of hydrogen-bond donors (Lipinski definition) is 2. The van der Waals surface area contributed by atoms with Crippen LogP contribution in [0, 0.1) is 0 Å². The zero-order valence-corrected chi connectivity index (χ0v) is 8.58. The Hall–Kier alpha value is -2.63. The number of aromatic nitrogens is 1. The van der Waals surface area contributed by atoms with Gasteiger partial charge in [0.2, 0.25) is 0 Å². The Kier molecular flexibility index (Phi) is 2.87. The van der Waals surface area contributed by atoms with Crippen molar-refractivity contribution in [2.75, 3.05) is 5.32 Å². The summed E-state index contributed by atoms with van der Waals surface area (Å²) in [6.07, 6.45) is 2.68. The molecule has 0 radical (unpaired) electrons. The summed E-state index contributed by atoms with van der Waals surface area (Å²) in [7, 11) is 0. The third-order valence-corrected chi connectivity index (χ3v) is 1.99. The lowest BCUT2D eigenvalue weighted by molar-refractivity contribution is 0.0696. The normalized spacial score (nSPS) is 9.88. The van der Waals surface area contributed by atoms with Crippen LogP contribution in [0.4, 0.5) is 5.82 Å². The van der Waals surface area contributed by atoms with Crippen LogP contribution in [0.5, 0.6) is 0 Å². The second-order valence-corrected chi connectivity index (χ2v) is 3.17. The van der Waals surface area contributed by atoms with Gasteiger partial charge in [-0.25, -0.2) is 9.78 Å². The van der Waals surface area contributed by atoms with E-state index in [-0.39, 0.29) is 17.1 Å². The lowest BCUT2D eigenvalue weighted by atomic mass is 10.2. The number of rotatable bonds is 3. The highest BCUT2D eigenvalue weighted by molar-refractivity contribution is 6.02. The van der Waals surface area contributed by atoms with Crippen molar-refractivity contribution in [1.82, 2.24) is 4.98 Å². The van der Waals surface area contributed by atoms with Gasteiger partial charge in [-0.2, -0.15) is 0 Å². The summed E-state index contributed by atoms with van der Waals surface area (Å²) in [5.41, 5.74) is 0.0507. The fourth-order valence-corrected chi connectivity index (χ4v) is 1.22. The zero-order chi connectivity index (χ0) is 12.3. The van der Waals surface area contributed by atoms with Crippen LogP contribution in [0.15, 0.2) is 41.1 Å². The van der Waals surface area contributed by atoms with Crippen LogP contribution in [0.2, 0.25) is 0 Å². The van der Waals surface area contributed by atoms with E-state index in [9.17, 15) is 9.59 Å². The molecule has 0 aliphatic carbocycles. The van der Waals surface area contributed by atoms with E-state index in [0.29, 0.717) is 0 Å². The Bertz CT molecular complexity index is 548. The van der Waals surface area contributed by atoms with E-state index in [0.717, 1.165) is 0 Å². The van der Waals surface area contributed by atoms with E-state index in [1.807, 2.05) is 0 Å². The molecule has 1 amide bonds. The number of carboxylic acids is 1. The SMILES string of the molecule is O=C(O)c1ccnc(NC(=O)c2ccco2)c1. The number of aromatic carboxylic acids is 1. The minimum Gasteiger partial charge on any atom is -0.478 e. The van der Waals surface area contributed by atoms with Gasteiger partial charge in [-0.1, -0.05) is 0 Å². The lowest BCUT2D eigenvalue weighted by Gasteiger charge is -2.02. The van der Waals surface area contributed by atoms with Crippen molar-refractivity contribution in [3.63, 3.8) is 0 Å². The number of amides is 1. The average molecular weight is 232 g/mol. The second kappa shape index (κ2) is 4.48. The van der Waals surface area contributed by atoms with Crippen LogP contribution in [0.25, 0.3) is 0 Å². The quantitative estimate of drug-likeness (QED) is 0.838. The molecule has 0 aliphatic rings. The summed E-state index contributed by atoms with van der Waals surface area (Å²) in [4.78, 5) is 26.1. The molecule has 2 rings (SSSR count). The van der Waals surface area contributed by atoms with Gasteiger partial charge in [-0.15, -0.1) is 0 Å². The third kappa shape index (κ3) is 2.49. The molecule has 2 aromatic heterocycles. The molecule has 0 fully saturated rings. The van der Waals surface area contributed by atoms with Crippen molar-refractivity contribution in [3.8, 4) is 0 Å². The largest absolute Gasteiger partial charge is 0.478 e. The van der Waals surface area contributed by atoms with Gasteiger partial charge in [0.05, 0.1) is 11.8 Å². The van der Waals surface area contributed by atoms with Crippen LogP contribution < -0.4 is 5.32 Å². The van der Waals surface area contributed by atoms with Gasteiger partial charge in [-0.05, 0) is 24.3 Å².